The van der Waals surface area contributed by atoms with Crippen LogP contribution < -0.4 is 34.7 Å². The Labute approximate surface area is 88.0 Å². The van der Waals surface area contributed by atoms with Gasteiger partial charge in [0.15, 0.2) is 0 Å². The van der Waals surface area contributed by atoms with Crippen LogP contribution in [0.4, 0.5) is 0 Å². The van der Waals surface area contributed by atoms with Gasteiger partial charge in [-0.15, -0.1) is 5.76 Å². The van der Waals surface area contributed by atoms with Crippen LogP contribution in [0.25, 0.3) is 5.76 Å². The van der Waals surface area contributed by atoms with Gasteiger partial charge in [-0.2, -0.15) is 0 Å². The Morgan fingerprint density at radius 2 is 1.91 bits per heavy atom. The van der Waals surface area contributed by atoms with Crippen LogP contribution in [0.15, 0.2) is 30.3 Å². The van der Waals surface area contributed by atoms with Crippen molar-refractivity contribution in [2.75, 3.05) is 0 Å². The zero-order chi connectivity index (χ0) is 6.97. The molecule has 0 atom stereocenters. The van der Waals surface area contributed by atoms with E-state index in [1.807, 2.05) is 24.3 Å². The first kappa shape index (κ1) is 8.85. The van der Waals surface area contributed by atoms with E-state index in [1.165, 1.54) is 0 Å². The van der Waals surface area contributed by atoms with Crippen LogP contribution in [0, 0.1) is 0 Å². The van der Waals surface area contributed by atoms with Gasteiger partial charge in [-0.05, 0) is 17.5 Å². The zero-order valence-corrected chi connectivity index (χ0v) is 8.50. The van der Waals surface area contributed by atoms with Gasteiger partial charge in [-0.3, -0.25) is 0 Å². The summed E-state index contributed by atoms with van der Waals surface area (Å²) < 4.78 is 0. The minimum atomic E-state index is 0. The standard InChI is InChI=1S/C9H8O.Na/c10-9-6-5-7-3-1-2-4-8(7)9;/h1-4,6,10H,5H2;/q;+1/p-1. The third-order valence-corrected chi connectivity index (χ3v) is 1.79. The van der Waals surface area contributed by atoms with Crippen molar-refractivity contribution < 1.29 is 34.7 Å². The first-order valence-electron chi connectivity index (χ1n) is 3.33. The molecule has 1 nitrogen and oxygen atoms in total. The van der Waals surface area contributed by atoms with Gasteiger partial charge in [-0.1, -0.05) is 30.3 Å². The molecule has 1 aliphatic carbocycles. The molecule has 0 N–H and O–H groups in total. The number of hydrogen-bond acceptors (Lipinski definition) is 1. The van der Waals surface area contributed by atoms with Crippen molar-refractivity contribution in [1.82, 2.24) is 0 Å². The Balaban J connectivity index is 0.000000605. The van der Waals surface area contributed by atoms with Gasteiger partial charge in [0.2, 0.25) is 0 Å². The Bertz CT molecular complexity index is 291. The summed E-state index contributed by atoms with van der Waals surface area (Å²) in [5.74, 6) is 0.176. The van der Waals surface area contributed by atoms with E-state index in [4.69, 9.17) is 0 Å². The van der Waals surface area contributed by atoms with E-state index in [1.54, 1.807) is 6.08 Å². The number of allylic oxidation sites excluding steroid dienone is 1. The molecule has 1 aliphatic rings. The predicted octanol–water partition coefficient (Wildman–Crippen LogP) is -2.05. The Morgan fingerprint density at radius 3 is 2.64 bits per heavy atom. The summed E-state index contributed by atoms with van der Waals surface area (Å²) in [6, 6.07) is 7.74. The average molecular weight is 154 g/mol. The van der Waals surface area contributed by atoms with E-state index < -0.39 is 0 Å². The van der Waals surface area contributed by atoms with Crippen molar-refractivity contribution in [3.63, 3.8) is 0 Å². The van der Waals surface area contributed by atoms with Crippen molar-refractivity contribution in [1.29, 1.82) is 0 Å². The van der Waals surface area contributed by atoms with Gasteiger partial charge >= 0.3 is 29.6 Å². The van der Waals surface area contributed by atoms with Crippen LogP contribution in [-0.4, -0.2) is 0 Å². The molecule has 0 saturated carbocycles. The molecule has 0 bridgehead atoms. The quantitative estimate of drug-likeness (QED) is 0.394. The molecular weight excluding hydrogens is 147 g/mol. The van der Waals surface area contributed by atoms with Gasteiger partial charge in [-0.25, -0.2) is 0 Å². The fourth-order valence-corrected chi connectivity index (χ4v) is 1.25. The maximum absolute atomic E-state index is 11.0. The number of benzene rings is 1. The number of rotatable bonds is 0. The minimum absolute atomic E-state index is 0. The van der Waals surface area contributed by atoms with Crippen molar-refractivity contribution in [2.45, 2.75) is 6.42 Å². The molecule has 11 heavy (non-hydrogen) atoms. The fourth-order valence-electron chi connectivity index (χ4n) is 1.25. The number of hydrogen-bond donors (Lipinski definition) is 0. The van der Waals surface area contributed by atoms with Crippen molar-refractivity contribution in [3.05, 3.63) is 41.5 Å². The molecule has 0 heterocycles. The van der Waals surface area contributed by atoms with Crippen LogP contribution in [-0.2, 0) is 6.42 Å². The summed E-state index contributed by atoms with van der Waals surface area (Å²) >= 11 is 0. The summed E-state index contributed by atoms with van der Waals surface area (Å²) in [6.45, 7) is 0. The molecule has 0 unspecified atom stereocenters. The maximum atomic E-state index is 11.0. The molecule has 1 aromatic rings. The topological polar surface area (TPSA) is 23.1 Å². The molecule has 0 spiro atoms. The Morgan fingerprint density at radius 1 is 1.18 bits per heavy atom. The van der Waals surface area contributed by atoms with Gasteiger partial charge in [0.05, 0.1) is 0 Å². The molecule has 0 amide bonds. The third kappa shape index (κ3) is 1.51. The summed E-state index contributed by atoms with van der Waals surface area (Å²) in [6.07, 6.45) is 2.54. The first-order chi connectivity index (χ1) is 4.88. The molecule has 0 fully saturated rings. The molecule has 50 valence electrons. The van der Waals surface area contributed by atoms with E-state index in [2.05, 4.69) is 0 Å². The van der Waals surface area contributed by atoms with Gasteiger partial charge in [0.25, 0.3) is 0 Å². The van der Waals surface area contributed by atoms with Crippen LogP contribution in [0.2, 0.25) is 0 Å². The third-order valence-electron chi connectivity index (χ3n) is 1.79. The SMILES string of the molecule is [Na+].[O-]C1=CCc2ccccc21. The maximum Gasteiger partial charge on any atom is 1.00 e. The molecular formula is C9H7NaO. The Kier molecular flexibility index (Phi) is 2.77. The molecule has 0 aliphatic heterocycles. The molecule has 0 aromatic heterocycles. The smallest absolute Gasteiger partial charge is 0.872 e. The van der Waals surface area contributed by atoms with E-state index in [9.17, 15) is 5.11 Å². The average Bonchev–Trinajstić information content (AvgIpc) is 2.34. The van der Waals surface area contributed by atoms with Gasteiger partial charge in [0, 0.05) is 0 Å². The van der Waals surface area contributed by atoms with E-state index in [0.717, 1.165) is 17.5 Å². The fraction of sp³-hybridized carbons (Fsp3) is 0.111. The van der Waals surface area contributed by atoms with Crippen LogP contribution in [0.1, 0.15) is 11.1 Å². The summed E-state index contributed by atoms with van der Waals surface area (Å²) in [5, 5.41) is 11.0. The van der Waals surface area contributed by atoms with Crippen LogP contribution in [0.5, 0.6) is 0 Å². The second kappa shape index (κ2) is 3.44. The van der Waals surface area contributed by atoms with Crippen molar-refractivity contribution in [3.8, 4) is 0 Å². The summed E-state index contributed by atoms with van der Waals surface area (Å²) in [7, 11) is 0. The summed E-state index contributed by atoms with van der Waals surface area (Å²) in [4.78, 5) is 0. The van der Waals surface area contributed by atoms with Crippen molar-refractivity contribution in [2.24, 2.45) is 0 Å². The zero-order valence-electron chi connectivity index (χ0n) is 6.50. The summed E-state index contributed by atoms with van der Waals surface area (Å²) in [5.41, 5.74) is 2.04. The largest absolute Gasteiger partial charge is 1.00 e. The normalized spacial score (nSPS) is 13.3. The van der Waals surface area contributed by atoms with Crippen LogP contribution in [0.3, 0.4) is 0 Å². The van der Waals surface area contributed by atoms with E-state index >= 15 is 0 Å². The second-order valence-electron chi connectivity index (χ2n) is 2.43. The van der Waals surface area contributed by atoms with Gasteiger partial charge in [0.1, 0.15) is 0 Å². The first-order valence-corrected chi connectivity index (χ1v) is 3.33. The van der Waals surface area contributed by atoms with E-state index in [0.29, 0.717) is 0 Å². The van der Waals surface area contributed by atoms with Gasteiger partial charge < -0.3 is 5.11 Å². The molecule has 2 rings (SSSR count). The van der Waals surface area contributed by atoms with Crippen LogP contribution >= 0.6 is 0 Å². The minimum Gasteiger partial charge on any atom is -0.872 e. The molecule has 0 saturated heterocycles. The van der Waals surface area contributed by atoms with Crippen molar-refractivity contribution >= 4 is 5.76 Å². The second-order valence-corrected chi connectivity index (χ2v) is 2.43. The van der Waals surface area contributed by atoms with E-state index in [-0.39, 0.29) is 35.3 Å². The monoisotopic (exact) mass is 154 g/mol. The molecule has 0 radical (unpaired) electrons. The number of fused-ring (bicyclic) bond motifs is 1. The predicted molar refractivity (Wildman–Crippen MR) is 38.1 cm³/mol. The molecule has 2 heteroatoms. The Hall–Kier alpha value is -0.240. The molecule has 1 aromatic carbocycles.